The average molecular weight is 383 g/mol. The summed E-state index contributed by atoms with van der Waals surface area (Å²) in [4.78, 5) is 12.1. The summed E-state index contributed by atoms with van der Waals surface area (Å²) in [6.07, 6.45) is 4.83. The molecule has 0 aliphatic rings. The highest BCUT2D eigenvalue weighted by molar-refractivity contribution is 6.00. The SMILES string of the molecule is COc1ccc(/C=C\C(=O)Nc2nnc(-c3ccn(C(C)C)n3)o2)cc1OC. The van der Waals surface area contributed by atoms with Crippen molar-refractivity contribution in [1.29, 1.82) is 0 Å². The fraction of sp³-hybridized carbons (Fsp3) is 0.263. The van der Waals surface area contributed by atoms with E-state index >= 15 is 0 Å². The standard InChI is InChI=1S/C19H21N5O4/c1-12(2)24-10-9-14(23-24)18-21-22-19(28-18)20-17(25)8-6-13-5-7-15(26-3)16(11-13)27-4/h5-12H,1-4H3,(H,20,22,25)/b8-6-. The molecule has 0 aliphatic carbocycles. The van der Waals surface area contributed by atoms with Crippen LogP contribution in [0.3, 0.4) is 0 Å². The second-order valence-corrected chi connectivity index (χ2v) is 6.12. The summed E-state index contributed by atoms with van der Waals surface area (Å²) >= 11 is 0. The van der Waals surface area contributed by atoms with Crippen LogP contribution in [-0.4, -0.2) is 40.1 Å². The third kappa shape index (κ3) is 4.37. The number of carbonyl (C=O) groups excluding carboxylic acids is 1. The lowest BCUT2D eigenvalue weighted by Crippen LogP contribution is -2.07. The summed E-state index contributed by atoms with van der Waals surface area (Å²) in [5.74, 6) is 1.02. The molecule has 146 valence electrons. The van der Waals surface area contributed by atoms with Gasteiger partial charge in [-0.1, -0.05) is 11.2 Å². The lowest BCUT2D eigenvalue weighted by Gasteiger charge is -2.07. The largest absolute Gasteiger partial charge is 0.493 e. The quantitative estimate of drug-likeness (QED) is 0.625. The molecule has 0 saturated heterocycles. The van der Waals surface area contributed by atoms with Crippen LogP contribution < -0.4 is 14.8 Å². The lowest BCUT2D eigenvalue weighted by atomic mass is 10.2. The van der Waals surface area contributed by atoms with Crippen molar-refractivity contribution < 1.29 is 18.7 Å². The maximum absolute atomic E-state index is 12.1. The van der Waals surface area contributed by atoms with Crippen molar-refractivity contribution in [1.82, 2.24) is 20.0 Å². The highest BCUT2D eigenvalue weighted by atomic mass is 16.5. The first-order chi connectivity index (χ1) is 13.5. The summed E-state index contributed by atoms with van der Waals surface area (Å²) in [6, 6.07) is 7.32. The molecule has 3 rings (SSSR count). The molecule has 0 spiro atoms. The molecule has 9 nitrogen and oxygen atoms in total. The van der Waals surface area contributed by atoms with Gasteiger partial charge in [-0.2, -0.15) is 5.10 Å². The van der Waals surface area contributed by atoms with Crippen molar-refractivity contribution in [3.63, 3.8) is 0 Å². The van der Waals surface area contributed by atoms with Crippen LogP contribution in [0.15, 0.2) is 41.0 Å². The Labute approximate surface area is 162 Å². The molecule has 9 heteroatoms. The number of benzene rings is 1. The Balaban J connectivity index is 1.65. The van der Waals surface area contributed by atoms with E-state index in [1.807, 2.05) is 20.0 Å². The van der Waals surface area contributed by atoms with E-state index in [9.17, 15) is 4.79 Å². The van der Waals surface area contributed by atoms with Crippen molar-refractivity contribution in [2.75, 3.05) is 19.5 Å². The van der Waals surface area contributed by atoms with Gasteiger partial charge in [-0.3, -0.25) is 14.8 Å². The minimum atomic E-state index is -0.405. The number of methoxy groups -OCH3 is 2. The van der Waals surface area contributed by atoms with Gasteiger partial charge in [0.1, 0.15) is 5.69 Å². The number of nitrogens with zero attached hydrogens (tertiary/aromatic N) is 4. The molecule has 1 aromatic carbocycles. The number of carbonyl (C=O) groups is 1. The number of ether oxygens (including phenoxy) is 2. The van der Waals surface area contributed by atoms with Crippen LogP contribution >= 0.6 is 0 Å². The van der Waals surface area contributed by atoms with Crippen molar-refractivity contribution >= 4 is 18.0 Å². The second kappa shape index (κ2) is 8.38. The molecule has 0 radical (unpaired) electrons. The molecule has 1 amide bonds. The van der Waals surface area contributed by atoms with Gasteiger partial charge >= 0.3 is 6.01 Å². The van der Waals surface area contributed by atoms with E-state index in [2.05, 4.69) is 20.6 Å². The zero-order chi connectivity index (χ0) is 20.1. The topological polar surface area (TPSA) is 104 Å². The lowest BCUT2D eigenvalue weighted by molar-refractivity contribution is -0.112. The Kier molecular flexibility index (Phi) is 5.73. The van der Waals surface area contributed by atoms with Crippen LogP contribution in [-0.2, 0) is 4.79 Å². The monoisotopic (exact) mass is 383 g/mol. The van der Waals surface area contributed by atoms with E-state index in [1.54, 1.807) is 49.2 Å². The summed E-state index contributed by atoms with van der Waals surface area (Å²) < 4.78 is 17.7. The van der Waals surface area contributed by atoms with Gasteiger partial charge < -0.3 is 13.9 Å². The van der Waals surface area contributed by atoms with Gasteiger partial charge in [0.05, 0.1) is 14.2 Å². The Hall–Kier alpha value is -3.62. The Bertz CT molecular complexity index is 990. The van der Waals surface area contributed by atoms with E-state index in [4.69, 9.17) is 13.9 Å². The third-order valence-electron chi connectivity index (χ3n) is 3.85. The second-order valence-electron chi connectivity index (χ2n) is 6.12. The maximum Gasteiger partial charge on any atom is 0.322 e. The highest BCUT2D eigenvalue weighted by Gasteiger charge is 2.13. The van der Waals surface area contributed by atoms with E-state index in [0.29, 0.717) is 17.2 Å². The number of hydrogen-bond acceptors (Lipinski definition) is 7. The molecule has 2 heterocycles. The van der Waals surface area contributed by atoms with Gasteiger partial charge in [0.15, 0.2) is 11.5 Å². The first-order valence-corrected chi connectivity index (χ1v) is 8.60. The number of nitrogens with one attached hydrogen (secondary N) is 1. The first-order valence-electron chi connectivity index (χ1n) is 8.60. The molecule has 3 aromatic rings. The van der Waals surface area contributed by atoms with Gasteiger partial charge in [0.2, 0.25) is 0 Å². The van der Waals surface area contributed by atoms with Gasteiger partial charge in [-0.15, -0.1) is 5.10 Å². The van der Waals surface area contributed by atoms with Crippen molar-refractivity contribution in [2.24, 2.45) is 0 Å². The molecule has 0 saturated carbocycles. The summed E-state index contributed by atoms with van der Waals surface area (Å²) in [5.41, 5.74) is 1.32. The van der Waals surface area contributed by atoms with E-state index < -0.39 is 5.91 Å². The zero-order valence-electron chi connectivity index (χ0n) is 16.0. The van der Waals surface area contributed by atoms with Crippen LogP contribution in [0.4, 0.5) is 6.01 Å². The number of hydrogen-bond donors (Lipinski definition) is 1. The van der Waals surface area contributed by atoms with Crippen LogP contribution in [0.1, 0.15) is 25.5 Å². The van der Waals surface area contributed by atoms with Crippen LogP contribution in [0.2, 0.25) is 0 Å². The molecule has 1 N–H and O–H groups in total. The van der Waals surface area contributed by atoms with E-state index in [0.717, 1.165) is 5.56 Å². The minimum absolute atomic E-state index is 0.00365. The zero-order valence-corrected chi connectivity index (χ0v) is 16.0. The molecule has 0 fully saturated rings. The molecular formula is C19H21N5O4. The Morgan fingerprint density at radius 3 is 2.64 bits per heavy atom. The average Bonchev–Trinajstić information content (AvgIpc) is 3.35. The summed E-state index contributed by atoms with van der Waals surface area (Å²) in [7, 11) is 3.11. The van der Waals surface area contributed by atoms with Crippen molar-refractivity contribution in [3.05, 3.63) is 42.1 Å². The van der Waals surface area contributed by atoms with Crippen LogP contribution in [0.5, 0.6) is 11.5 Å². The van der Waals surface area contributed by atoms with Crippen molar-refractivity contribution in [3.8, 4) is 23.1 Å². The van der Waals surface area contributed by atoms with Crippen LogP contribution in [0, 0.1) is 0 Å². The van der Waals surface area contributed by atoms with E-state index in [-0.39, 0.29) is 17.9 Å². The molecule has 0 bridgehead atoms. The summed E-state index contributed by atoms with van der Waals surface area (Å²) in [5, 5.41) is 14.6. The molecule has 0 atom stereocenters. The number of aromatic nitrogens is 4. The number of anilines is 1. The molecule has 0 aliphatic heterocycles. The molecule has 0 unspecified atom stereocenters. The van der Waals surface area contributed by atoms with Gasteiger partial charge in [-0.25, -0.2) is 0 Å². The number of rotatable bonds is 7. The van der Waals surface area contributed by atoms with Gasteiger partial charge in [-0.05, 0) is 43.7 Å². The van der Waals surface area contributed by atoms with Gasteiger partial charge in [0.25, 0.3) is 11.8 Å². The summed E-state index contributed by atoms with van der Waals surface area (Å²) in [6.45, 7) is 4.03. The highest BCUT2D eigenvalue weighted by Crippen LogP contribution is 2.28. The van der Waals surface area contributed by atoms with E-state index in [1.165, 1.54) is 6.08 Å². The Morgan fingerprint density at radius 1 is 1.18 bits per heavy atom. The van der Waals surface area contributed by atoms with Crippen LogP contribution in [0.25, 0.3) is 17.7 Å². The predicted molar refractivity (Wildman–Crippen MR) is 103 cm³/mol. The smallest absolute Gasteiger partial charge is 0.322 e. The number of amides is 1. The minimum Gasteiger partial charge on any atom is -0.493 e. The molecular weight excluding hydrogens is 362 g/mol. The van der Waals surface area contributed by atoms with Crippen molar-refractivity contribution in [2.45, 2.75) is 19.9 Å². The normalized spacial score (nSPS) is 11.2. The third-order valence-corrected chi connectivity index (χ3v) is 3.85. The molecule has 2 aromatic heterocycles. The fourth-order valence-electron chi connectivity index (χ4n) is 2.39. The Morgan fingerprint density at radius 2 is 1.96 bits per heavy atom. The predicted octanol–water partition coefficient (Wildman–Crippen LogP) is 3.18. The maximum atomic E-state index is 12.1. The fourth-order valence-corrected chi connectivity index (χ4v) is 2.39. The molecule has 28 heavy (non-hydrogen) atoms. The van der Waals surface area contributed by atoms with Gasteiger partial charge in [0, 0.05) is 18.3 Å². The first kappa shape index (κ1) is 19.2.